The van der Waals surface area contributed by atoms with Crippen molar-refractivity contribution in [2.24, 2.45) is 0 Å². The first-order valence-corrected chi connectivity index (χ1v) is 7.66. The number of carbonyl (C=O) groups is 5. The molecule has 0 amide bonds. The van der Waals surface area contributed by atoms with Crippen LogP contribution in [0.4, 0.5) is 0 Å². The normalized spacial score (nSPS) is 12.8. The topological polar surface area (TPSA) is 302 Å². The van der Waals surface area contributed by atoms with Gasteiger partial charge in [-0.15, -0.1) is 0 Å². The molecule has 15 nitrogen and oxygen atoms in total. The summed E-state index contributed by atoms with van der Waals surface area (Å²) in [5, 5.41) is 86.5. The molecule has 0 aliphatic heterocycles. The third-order valence-electron chi connectivity index (χ3n) is 1.71. The Hall–Kier alpha value is -1.69. The molecule has 0 saturated carbocycles. The molecular weight excluding hydrogens is 513 g/mol. The summed E-state index contributed by atoms with van der Waals surface area (Å²) in [6.07, 6.45) is -6.71. The second-order valence-corrected chi connectivity index (χ2v) is 4.98. The van der Waals surface area contributed by atoms with Gasteiger partial charge in [-0.1, -0.05) is 0 Å². The van der Waals surface area contributed by atoms with Crippen LogP contribution in [-0.4, -0.2) is 103 Å². The molecule has 0 radical (unpaired) electrons. The van der Waals surface area contributed by atoms with E-state index < -0.39 is 60.4 Å². The molecule has 0 aliphatic carbocycles. The third kappa shape index (κ3) is 63.0. The van der Waals surface area contributed by atoms with Gasteiger partial charge in [0.1, 0.15) is 0 Å². The van der Waals surface area contributed by atoms with Gasteiger partial charge in [0.05, 0.1) is 60.4 Å². The average molecular weight is 538 g/mol. The molecule has 0 fully saturated rings. The van der Waals surface area contributed by atoms with Crippen LogP contribution in [0.3, 0.4) is 0 Å². The summed E-state index contributed by atoms with van der Waals surface area (Å²) in [6.45, 7) is 5.67. The largest absolute Gasteiger partial charge is 3.00 e. The minimum absolute atomic E-state index is 0. The predicted molar refractivity (Wildman–Crippen MR) is 89.2 cm³/mol. The molecule has 0 spiro atoms. The molecule has 0 aliphatic rings. The van der Waals surface area contributed by atoms with E-state index in [4.69, 9.17) is 25.5 Å². The smallest absolute Gasteiger partial charge is 0.547 e. The Morgan fingerprint density at radius 2 is 0.469 bits per heavy atom. The number of hydrogen-bond donors (Lipinski definition) is 5. The van der Waals surface area contributed by atoms with E-state index in [-0.39, 0.29) is 36.8 Å². The van der Waals surface area contributed by atoms with Gasteiger partial charge in [-0.05, 0) is 34.6 Å². The third-order valence-corrected chi connectivity index (χ3v) is 1.71. The van der Waals surface area contributed by atoms with Crippen LogP contribution in [0.1, 0.15) is 34.6 Å². The Balaban J connectivity index is -0.0000000481. The summed E-state index contributed by atoms with van der Waals surface area (Å²) in [7, 11) is 0. The number of rotatable bonds is 5. The van der Waals surface area contributed by atoms with Gasteiger partial charge in [0, 0.05) is 0 Å². The first kappa shape index (κ1) is 47.9. The SMILES string of the molecule is CC(O)C(=O)[O-].CC(O)C(=O)[O-].CC(O)C(=O)[O-].CC(O)C(=O)[O-].CC(O)C(=O)[O-].[Al+3].[Zn+2]. The molecule has 5 N–H and O–H groups in total. The van der Waals surface area contributed by atoms with E-state index in [2.05, 4.69) is 0 Å². The van der Waals surface area contributed by atoms with Crippen molar-refractivity contribution in [3.05, 3.63) is 0 Å². The van der Waals surface area contributed by atoms with E-state index in [0.717, 1.165) is 34.6 Å². The van der Waals surface area contributed by atoms with Crippen molar-refractivity contribution in [1.82, 2.24) is 0 Å². The summed E-state index contributed by atoms with van der Waals surface area (Å²) in [4.78, 5) is 46.7. The molecule has 0 aromatic carbocycles. The molecule has 0 aromatic rings. The summed E-state index contributed by atoms with van der Waals surface area (Å²) in [5.74, 6) is -7.18. The minimum Gasteiger partial charge on any atom is -0.547 e. The quantitative estimate of drug-likeness (QED) is 0.203. The molecule has 5 atom stereocenters. The van der Waals surface area contributed by atoms with Gasteiger partial charge in [-0.2, -0.15) is 0 Å². The fourth-order valence-corrected chi connectivity index (χ4v) is 0. The van der Waals surface area contributed by atoms with Crippen molar-refractivity contribution < 1.29 is 94.5 Å². The number of aliphatic hydroxyl groups excluding tert-OH is 5. The van der Waals surface area contributed by atoms with E-state index >= 15 is 0 Å². The molecule has 0 heterocycles. The summed E-state index contributed by atoms with van der Waals surface area (Å²) in [6, 6.07) is 0. The van der Waals surface area contributed by atoms with Crippen LogP contribution in [0, 0.1) is 0 Å². The molecule has 0 saturated heterocycles. The van der Waals surface area contributed by atoms with Crippen molar-refractivity contribution in [1.29, 1.82) is 0 Å². The Morgan fingerprint density at radius 3 is 0.469 bits per heavy atom. The Morgan fingerprint density at radius 1 is 0.438 bits per heavy atom. The standard InChI is InChI=1S/5C3H6O3.Al.Zn/c5*1-2(4)3(5)6;;/h5*2,4H,1H3,(H,5,6);;/q;;;;;+3;+2/p-5. The second-order valence-electron chi connectivity index (χ2n) is 4.98. The molecule has 17 heteroatoms. The van der Waals surface area contributed by atoms with Crippen LogP contribution in [0.5, 0.6) is 0 Å². The zero-order chi connectivity index (χ0) is 25.8. The van der Waals surface area contributed by atoms with E-state index in [1.165, 1.54) is 0 Å². The van der Waals surface area contributed by atoms with E-state index in [1.807, 2.05) is 0 Å². The number of hydrogen-bond acceptors (Lipinski definition) is 15. The average Bonchev–Trinajstić information content (AvgIpc) is 2.56. The van der Waals surface area contributed by atoms with Crippen molar-refractivity contribution in [3.8, 4) is 0 Å². The maximum absolute atomic E-state index is 9.34. The van der Waals surface area contributed by atoms with Crippen molar-refractivity contribution in [2.75, 3.05) is 0 Å². The van der Waals surface area contributed by atoms with Gasteiger partial charge >= 0.3 is 36.8 Å². The van der Waals surface area contributed by atoms with Crippen LogP contribution >= 0.6 is 0 Å². The van der Waals surface area contributed by atoms with Gasteiger partial charge in [0.15, 0.2) is 0 Å². The van der Waals surface area contributed by atoms with Crippen LogP contribution in [0.2, 0.25) is 0 Å². The maximum atomic E-state index is 9.34. The maximum Gasteiger partial charge on any atom is 3.00 e. The summed E-state index contributed by atoms with van der Waals surface area (Å²) >= 11 is 0. The van der Waals surface area contributed by atoms with Gasteiger partial charge in [-0.25, -0.2) is 0 Å². The van der Waals surface area contributed by atoms with Gasteiger partial charge in [0.2, 0.25) is 0 Å². The predicted octanol–water partition coefficient (Wildman–Crippen LogP) is -9.80. The van der Waals surface area contributed by atoms with Gasteiger partial charge < -0.3 is 75.0 Å². The van der Waals surface area contributed by atoms with Crippen LogP contribution in [0.25, 0.3) is 0 Å². The zero-order valence-corrected chi connectivity index (χ0v) is 22.1. The fraction of sp³-hybridized carbons (Fsp3) is 0.667. The number of aliphatic carboxylic acids is 5. The van der Waals surface area contributed by atoms with Crippen molar-refractivity contribution in [2.45, 2.75) is 65.1 Å². The molecular formula is C15H25AlO15Zn. The zero-order valence-electron chi connectivity index (χ0n) is 18.0. The molecule has 5 unspecified atom stereocenters. The van der Waals surface area contributed by atoms with Crippen LogP contribution in [-0.2, 0) is 43.5 Å². The van der Waals surface area contributed by atoms with Crippen molar-refractivity contribution >= 4 is 47.2 Å². The van der Waals surface area contributed by atoms with Crippen LogP contribution in [0.15, 0.2) is 0 Å². The number of carbonyl (C=O) groups excluding carboxylic acids is 5. The molecule has 0 rings (SSSR count). The second kappa shape index (κ2) is 29.3. The molecule has 0 aromatic heterocycles. The first-order chi connectivity index (χ1) is 13.2. The van der Waals surface area contributed by atoms with Crippen LogP contribution < -0.4 is 25.5 Å². The minimum atomic E-state index is -1.44. The Labute approximate surface area is 206 Å². The number of carboxylic acid groups (broad SMARTS) is 5. The monoisotopic (exact) mass is 536 g/mol. The van der Waals surface area contributed by atoms with Crippen molar-refractivity contribution in [3.63, 3.8) is 0 Å². The van der Waals surface area contributed by atoms with Gasteiger partial charge in [-0.3, -0.25) is 0 Å². The first-order valence-electron chi connectivity index (χ1n) is 7.66. The summed E-state index contributed by atoms with van der Waals surface area (Å²) in [5.41, 5.74) is 0. The summed E-state index contributed by atoms with van der Waals surface area (Å²) < 4.78 is 0. The Bertz CT molecular complexity index is 403. The molecule has 0 bridgehead atoms. The fourth-order valence-electron chi connectivity index (χ4n) is 0. The Kier molecular flexibility index (Phi) is 43.9. The van der Waals surface area contributed by atoms with E-state index in [0.29, 0.717) is 0 Å². The number of aliphatic hydroxyl groups is 5. The molecule has 32 heavy (non-hydrogen) atoms. The number of carboxylic acids is 5. The van der Waals surface area contributed by atoms with E-state index in [1.54, 1.807) is 0 Å². The van der Waals surface area contributed by atoms with Gasteiger partial charge in [0.25, 0.3) is 0 Å². The van der Waals surface area contributed by atoms with E-state index in [9.17, 15) is 49.5 Å². The molecule has 180 valence electrons.